The molecular weight excluding hydrogens is 132 g/mol. The van der Waals surface area contributed by atoms with E-state index in [4.69, 9.17) is 0 Å². The molecule has 0 bridgehead atoms. The normalized spacial score (nSPS) is 43.4. The zero-order valence-corrected chi connectivity index (χ0v) is 7.84. The lowest BCUT2D eigenvalue weighted by Gasteiger charge is -2.18. The highest BCUT2D eigenvalue weighted by Crippen LogP contribution is 2.50. The van der Waals surface area contributed by atoms with E-state index < -0.39 is 0 Å². The van der Waals surface area contributed by atoms with Gasteiger partial charge < -0.3 is 0 Å². The largest absolute Gasteiger partial charge is 0.0625 e. The Bertz CT molecular complexity index is 125. The molecule has 11 heavy (non-hydrogen) atoms. The summed E-state index contributed by atoms with van der Waals surface area (Å²) in [6, 6.07) is 0. The van der Waals surface area contributed by atoms with Crippen molar-refractivity contribution in [3.8, 4) is 0 Å². The molecule has 0 saturated heterocycles. The van der Waals surface area contributed by atoms with Crippen molar-refractivity contribution in [3.63, 3.8) is 0 Å². The summed E-state index contributed by atoms with van der Waals surface area (Å²) < 4.78 is 0. The third-order valence-corrected chi connectivity index (χ3v) is 3.83. The summed E-state index contributed by atoms with van der Waals surface area (Å²) in [6.07, 6.45) is 7.73. The van der Waals surface area contributed by atoms with Gasteiger partial charge in [-0.15, -0.1) is 0 Å². The average Bonchev–Trinajstić information content (AvgIpc) is 2.60. The van der Waals surface area contributed by atoms with Crippen molar-refractivity contribution in [3.05, 3.63) is 0 Å². The number of hydrogen-bond acceptors (Lipinski definition) is 0. The molecule has 0 aromatic rings. The molecule has 2 aliphatic rings. The molecule has 2 unspecified atom stereocenters. The van der Waals surface area contributed by atoms with Crippen LogP contribution in [-0.4, -0.2) is 0 Å². The van der Waals surface area contributed by atoms with Crippen molar-refractivity contribution in [2.75, 3.05) is 0 Å². The molecule has 2 atom stereocenters. The van der Waals surface area contributed by atoms with E-state index in [0.29, 0.717) is 0 Å². The van der Waals surface area contributed by atoms with Crippen LogP contribution in [0.2, 0.25) is 0 Å². The second-order valence-electron chi connectivity index (χ2n) is 4.91. The lowest BCUT2D eigenvalue weighted by atomic mass is 9.88. The topological polar surface area (TPSA) is 0 Å². The van der Waals surface area contributed by atoms with Crippen molar-refractivity contribution in [2.45, 2.75) is 46.0 Å². The van der Waals surface area contributed by atoms with E-state index >= 15 is 0 Å². The fraction of sp³-hybridized carbons (Fsp3) is 1.00. The van der Waals surface area contributed by atoms with Crippen LogP contribution in [0.5, 0.6) is 0 Å². The van der Waals surface area contributed by atoms with Gasteiger partial charge in [0, 0.05) is 0 Å². The van der Waals surface area contributed by atoms with E-state index in [2.05, 4.69) is 13.8 Å². The van der Waals surface area contributed by atoms with Crippen molar-refractivity contribution in [1.29, 1.82) is 0 Å². The molecule has 2 fully saturated rings. The van der Waals surface area contributed by atoms with E-state index in [9.17, 15) is 0 Å². The Hall–Kier alpha value is 0. The van der Waals surface area contributed by atoms with Gasteiger partial charge in [0.1, 0.15) is 0 Å². The van der Waals surface area contributed by atoms with E-state index in [-0.39, 0.29) is 0 Å². The summed E-state index contributed by atoms with van der Waals surface area (Å²) in [4.78, 5) is 0. The Morgan fingerprint density at radius 1 is 0.909 bits per heavy atom. The van der Waals surface area contributed by atoms with Crippen LogP contribution in [0.4, 0.5) is 0 Å². The summed E-state index contributed by atoms with van der Waals surface area (Å²) in [7, 11) is 0. The standard InChI is InChI=1S/C11H20/c1-8(2)9-3-5-10-7-11(10)6-4-9/h8-11H,3-7H2,1-2H3. The van der Waals surface area contributed by atoms with Crippen molar-refractivity contribution < 1.29 is 0 Å². The van der Waals surface area contributed by atoms with Crippen LogP contribution in [0, 0.1) is 23.7 Å². The van der Waals surface area contributed by atoms with Gasteiger partial charge in [-0.25, -0.2) is 0 Å². The molecule has 0 aromatic carbocycles. The average molecular weight is 152 g/mol. The van der Waals surface area contributed by atoms with Crippen LogP contribution in [0.3, 0.4) is 0 Å². The molecule has 2 saturated carbocycles. The van der Waals surface area contributed by atoms with Gasteiger partial charge in [-0.1, -0.05) is 13.8 Å². The predicted octanol–water partition coefficient (Wildman–Crippen LogP) is 3.47. The van der Waals surface area contributed by atoms with E-state index in [0.717, 1.165) is 11.8 Å². The lowest BCUT2D eigenvalue weighted by molar-refractivity contribution is 0.331. The van der Waals surface area contributed by atoms with Crippen LogP contribution in [0.1, 0.15) is 46.0 Å². The Labute approximate surface area is 70.4 Å². The van der Waals surface area contributed by atoms with Gasteiger partial charge in [0.2, 0.25) is 0 Å². The number of rotatable bonds is 1. The van der Waals surface area contributed by atoms with Crippen LogP contribution < -0.4 is 0 Å². The van der Waals surface area contributed by atoms with Crippen LogP contribution in [-0.2, 0) is 0 Å². The second-order valence-corrected chi connectivity index (χ2v) is 4.91. The first-order valence-corrected chi connectivity index (χ1v) is 5.27. The summed E-state index contributed by atoms with van der Waals surface area (Å²) in [5.74, 6) is 4.33. The molecule has 64 valence electrons. The zero-order valence-electron chi connectivity index (χ0n) is 7.84. The van der Waals surface area contributed by atoms with E-state index in [1.165, 1.54) is 24.7 Å². The maximum absolute atomic E-state index is 2.39. The third kappa shape index (κ3) is 1.60. The second kappa shape index (κ2) is 2.80. The van der Waals surface area contributed by atoms with Gasteiger partial charge >= 0.3 is 0 Å². The van der Waals surface area contributed by atoms with Crippen molar-refractivity contribution >= 4 is 0 Å². The van der Waals surface area contributed by atoms with Crippen molar-refractivity contribution in [2.24, 2.45) is 23.7 Å². The van der Waals surface area contributed by atoms with Gasteiger partial charge in [-0.3, -0.25) is 0 Å². The van der Waals surface area contributed by atoms with Gasteiger partial charge in [-0.2, -0.15) is 0 Å². The summed E-state index contributed by atoms with van der Waals surface area (Å²) in [5.41, 5.74) is 0. The molecular formula is C11H20. The van der Waals surface area contributed by atoms with Gasteiger partial charge in [-0.05, 0) is 55.8 Å². The van der Waals surface area contributed by atoms with Crippen LogP contribution in [0.15, 0.2) is 0 Å². The highest BCUT2D eigenvalue weighted by atomic mass is 14.4. The minimum atomic E-state index is 0.937. The molecule has 0 spiro atoms. The highest BCUT2D eigenvalue weighted by Gasteiger charge is 2.39. The van der Waals surface area contributed by atoms with Gasteiger partial charge in [0.25, 0.3) is 0 Å². The maximum atomic E-state index is 2.39. The summed E-state index contributed by atoms with van der Waals surface area (Å²) in [5, 5.41) is 0. The first-order chi connectivity index (χ1) is 5.27. The zero-order chi connectivity index (χ0) is 7.84. The number of fused-ring (bicyclic) bond motifs is 1. The maximum Gasteiger partial charge on any atom is -0.0383 e. The lowest BCUT2D eigenvalue weighted by Crippen LogP contribution is -2.07. The molecule has 0 radical (unpaired) electrons. The Balaban J connectivity index is 1.86. The fourth-order valence-electron chi connectivity index (χ4n) is 2.68. The first kappa shape index (κ1) is 7.64. The van der Waals surface area contributed by atoms with Gasteiger partial charge in [0.05, 0.1) is 0 Å². The Kier molecular flexibility index (Phi) is 1.95. The predicted molar refractivity (Wildman–Crippen MR) is 48.4 cm³/mol. The monoisotopic (exact) mass is 152 g/mol. The first-order valence-electron chi connectivity index (χ1n) is 5.27. The molecule has 0 N–H and O–H groups in total. The van der Waals surface area contributed by atoms with Crippen LogP contribution in [0.25, 0.3) is 0 Å². The molecule has 0 aromatic heterocycles. The Morgan fingerprint density at radius 2 is 1.45 bits per heavy atom. The Morgan fingerprint density at radius 3 is 1.91 bits per heavy atom. The molecule has 0 nitrogen and oxygen atoms in total. The molecule has 0 heterocycles. The number of hydrogen-bond donors (Lipinski definition) is 0. The minimum absolute atomic E-state index is 0.937. The van der Waals surface area contributed by atoms with Crippen LogP contribution >= 0.6 is 0 Å². The molecule has 0 aliphatic heterocycles. The smallest absolute Gasteiger partial charge is 0.0383 e. The SMILES string of the molecule is CC(C)C1CCC2CC2CC1. The fourth-order valence-corrected chi connectivity index (χ4v) is 2.68. The molecule has 2 aliphatic carbocycles. The molecule has 0 amide bonds. The van der Waals surface area contributed by atoms with E-state index in [1.54, 1.807) is 19.3 Å². The quantitative estimate of drug-likeness (QED) is 0.539. The third-order valence-electron chi connectivity index (χ3n) is 3.83. The van der Waals surface area contributed by atoms with Gasteiger partial charge in [0.15, 0.2) is 0 Å². The highest BCUT2D eigenvalue weighted by molar-refractivity contribution is 4.89. The molecule has 0 heteroatoms. The van der Waals surface area contributed by atoms with Crippen molar-refractivity contribution in [1.82, 2.24) is 0 Å². The summed E-state index contributed by atoms with van der Waals surface area (Å²) >= 11 is 0. The van der Waals surface area contributed by atoms with E-state index in [1.807, 2.05) is 0 Å². The minimum Gasteiger partial charge on any atom is -0.0625 e. The molecule has 2 rings (SSSR count). The summed E-state index contributed by atoms with van der Waals surface area (Å²) in [6.45, 7) is 4.78.